The maximum Gasteiger partial charge on any atom is 0.264 e. The molecule has 5 nitrogen and oxygen atoms in total. The van der Waals surface area contributed by atoms with E-state index >= 15 is 0 Å². The zero-order valence-electron chi connectivity index (χ0n) is 15.3. The third kappa shape index (κ3) is 4.14. The molecule has 3 rings (SSSR count). The number of nitrogens with zero attached hydrogens (tertiary/aromatic N) is 1. The van der Waals surface area contributed by atoms with Gasteiger partial charge in [-0.15, -0.1) is 0 Å². The highest BCUT2D eigenvalue weighted by Crippen LogP contribution is 2.32. The van der Waals surface area contributed by atoms with Gasteiger partial charge >= 0.3 is 0 Å². The Labute approximate surface area is 157 Å². The van der Waals surface area contributed by atoms with Gasteiger partial charge in [0.25, 0.3) is 5.91 Å². The van der Waals surface area contributed by atoms with Crippen LogP contribution in [0.15, 0.2) is 42.5 Å². The first-order valence-electron chi connectivity index (χ1n) is 8.33. The van der Waals surface area contributed by atoms with Gasteiger partial charge in [0, 0.05) is 0 Å². The summed E-state index contributed by atoms with van der Waals surface area (Å²) in [7, 11) is 1.60. The lowest BCUT2D eigenvalue weighted by Gasteiger charge is -2.19. The van der Waals surface area contributed by atoms with Gasteiger partial charge in [-0.3, -0.25) is 10.1 Å². The fourth-order valence-electron chi connectivity index (χ4n) is 2.50. The van der Waals surface area contributed by atoms with Gasteiger partial charge in [0.05, 0.1) is 11.8 Å². The Morgan fingerprint density at radius 1 is 1.15 bits per heavy atom. The summed E-state index contributed by atoms with van der Waals surface area (Å²) < 4.78 is 11.8. The van der Waals surface area contributed by atoms with Crippen LogP contribution < -0.4 is 14.8 Å². The van der Waals surface area contributed by atoms with E-state index in [0.717, 1.165) is 10.2 Å². The van der Waals surface area contributed by atoms with Crippen molar-refractivity contribution in [3.05, 3.63) is 48.0 Å². The SMILES string of the molecule is COc1cccc2sc(NC(=O)COc3ccc(C(C)(C)C)cc3)nc12. The Balaban J connectivity index is 1.61. The summed E-state index contributed by atoms with van der Waals surface area (Å²) in [5.74, 6) is 1.11. The van der Waals surface area contributed by atoms with E-state index in [9.17, 15) is 4.79 Å². The largest absolute Gasteiger partial charge is 0.494 e. The fraction of sp³-hybridized carbons (Fsp3) is 0.300. The van der Waals surface area contributed by atoms with Crippen molar-refractivity contribution in [1.29, 1.82) is 0 Å². The molecule has 0 radical (unpaired) electrons. The van der Waals surface area contributed by atoms with Crippen LogP contribution in [0.2, 0.25) is 0 Å². The summed E-state index contributed by atoms with van der Waals surface area (Å²) in [5.41, 5.74) is 2.05. The van der Waals surface area contributed by atoms with Gasteiger partial charge in [0.2, 0.25) is 0 Å². The minimum Gasteiger partial charge on any atom is -0.494 e. The zero-order valence-corrected chi connectivity index (χ0v) is 16.1. The minimum absolute atomic E-state index is 0.0675. The van der Waals surface area contributed by atoms with Crippen LogP contribution in [-0.4, -0.2) is 24.6 Å². The number of para-hydroxylation sites is 1. The molecule has 0 saturated heterocycles. The fourth-order valence-corrected chi connectivity index (χ4v) is 3.40. The van der Waals surface area contributed by atoms with Crippen LogP contribution >= 0.6 is 11.3 Å². The molecule has 0 aliphatic carbocycles. The average molecular weight is 370 g/mol. The average Bonchev–Trinajstić information content (AvgIpc) is 3.01. The van der Waals surface area contributed by atoms with Crippen molar-refractivity contribution in [2.75, 3.05) is 19.0 Å². The zero-order chi connectivity index (χ0) is 18.7. The molecule has 0 unspecified atom stereocenters. The van der Waals surface area contributed by atoms with Gasteiger partial charge in [-0.1, -0.05) is 50.3 Å². The highest BCUT2D eigenvalue weighted by Gasteiger charge is 2.14. The number of methoxy groups -OCH3 is 1. The second kappa shape index (κ2) is 7.33. The molecule has 1 N–H and O–H groups in total. The maximum atomic E-state index is 12.1. The number of carbonyl (C=O) groups excluding carboxylic acids is 1. The topological polar surface area (TPSA) is 60.5 Å². The van der Waals surface area contributed by atoms with Gasteiger partial charge in [-0.05, 0) is 35.2 Å². The number of rotatable bonds is 5. The molecule has 26 heavy (non-hydrogen) atoms. The van der Waals surface area contributed by atoms with Crippen molar-refractivity contribution in [3.63, 3.8) is 0 Å². The summed E-state index contributed by atoms with van der Waals surface area (Å²) in [6.07, 6.45) is 0. The molecule has 136 valence electrons. The predicted molar refractivity (Wildman–Crippen MR) is 105 cm³/mol. The standard InChI is InChI=1S/C20H22N2O3S/c1-20(2,3)13-8-10-14(11-9-13)25-12-17(23)21-19-22-18-15(24-4)6-5-7-16(18)26-19/h5-11H,12H2,1-4H3,(H,21,22,23). The van der Waals surface area contributed by atoms with Gasteiger partial charge in [0.1, 0.15) is 17.0 Å². The van der Waals surface area contributed by atoms with E-state index in [1.807, 2.05) is 42.5 Å². The first kappa shape index (κ1) is 18.2. The lowest BCUT2D eigenvalue weighted by molar-refractivity contribution is -0.118. The number of ether oxygens (including phenoxy) is 2. The van der Waals surface area contributed by atoms with Crippen LogP contribution in [0, 0.1) is 0 Å². The van der Waals surface area contributed by atoms with Crippen molar-refractivity contribution in [2.24, 2.45) is 0 Å². The quantitative estimate of drug-likeness (QED) is 0.712. The summed E-state index contributed by atoms with van der Waals surface area (Å²) in [5, 5.41) is 3.31. The van der Waals surface area contributed by atoms with Gasteiger partial charge in [0.15, 0.2) is 11.7 Å². The lowest BCUT2D eigenvalue weighted by Crippen LogP contribution is -2.20. The molecule has 0 saturated carbocycles. The second-order valence-corrected chi connectivity index (χ2v) is 7.97. The molecule has 0 aliphatic rings. The molecular weight excluding hydrogens is 348 g/mol. The van der Waals surface area contributed by atoms with Crippen LogP contribution in [0.25, 0.3) is 10.2 Å². The molecule has 1 aromatic heterocycles. The number of fused-ring (bicyclic) bond motifs is 1. The third-order valence-corrected chi connectivity index (χ3v) is 4.87. The summed E-state index contributed by atoms with van der Waals surface area (Å²) in [4.78, 5) is 16.6. The van der Waals surface area contributed by atoms with Crippen molar-refractivity contribution in [2.45, 2.75) is 26.2 Å². The van der Waals surface area contributed by atoms with E-state index in [2.05, 4.69) is 31.1 Å². The van der Waals surface area contributed by atoms with Crippen LogP contribution in [0.4, 0.5) is 5.13 Å². The number of anilines is 1. The molecule has 1 heterocycles. The summed E-state index contributed by atoms with van der Waals surface area (Å²) in [6.45, 7) is 6.40. The van der Waals surface area contributed by atoms with Crippen LogP contribution in [0.5, 0.6) is 11.5 Å². The van der Waals surface area contributed by atoms with Crippen LogP contribution in [0.3, 0.4) is 0 Å². The molecule has 0 fully saturated rings. The summed E-state index contributed by atoms with van der Waals surface area (Å²) >= 11 is 1.40. The van der Waals surface area contributed by atoms with Crippen molar-refractivity contribution < 1.29 is 14.3 Å². The number of thiazole rings is 1. The van der Waals surface area contributed by atoms with E-state index in [1.54, 1.807) is 7.11 Å². The number of aromatic nitrogens is 1. The van der Waals surface area contributed by atoms with Gasteiger partial charge < -0.3 is 9.47 Å². The Bertz CT molecular complexity index is 911. The van der Waals surface area contributed by atoms with E-state index < -0.39 is 0 Å². The smallest absolute Gasteiger partial charge is 0.264 e. The van der Waals surface area contributed by atoms with Gasteiger partial charge in [-0.25, -0.2) is 4.98 Å². The molecule has 0 spiro atoms. The lowest BCUT2D eigenvalue weighted by atomic mass is 9.87. The monoisotopic (exact) mass is 370 g/mol. The normalized spacial score (nSPS) is 11.4. The molecule has 6 heteroatoms. The number of nitrogens with one attached hydrogen (secondary N) is 1. The number of hydrogen-bond acceptors (Lipinski definition) is 5. The first-order chi connectivity index (χ1) is 12.4. The summed E-state index contributed by atoms with van der Waals surface area (Å²) in [6, 6.07) is 13.5. The molecule has 2 aromatic carbocycles. The van der Waals surface area contributed by atoms with Crippen molar-refractivity contribution in [1.82, 2.24) is 4.98 Å². The number of hydrogen-bond donors (Lipinski definition) is 1. The van der Waals surface area contributed by atoms with Crippen molar-refractivity contribution >= 4 is 32.6 Å². The van der Waals surface area contributed by atoms with Crippen LogP contribution in [0.1, 0.15) is 26.3 Å². The Morgan fingerprint density at radius 3 is 2.54 bits per heavy atom. The molecule has 0 aliphatic heterocycles. The molecular formula is C20H22N2O3S. The molecule has 3 aromatic rings. The Hall–Kier alpha value is -2.60. The Morgan fingerprint density at radius 2 is 1.88 bits per heavy atom. The molecule has 0 atom stereocenters. The van der Waals surface area contributed by atoms with E-state index in [4.69, 9.17) is 9.47 Å². The first-order valence-corrected chi connectivity index (χ1v) is 9.15. The predicted octanol–water partition coefficient (Wildman–Crippen LogP) is 4.62. The number of benzene rings is 2. The molecule has 0 bridgehead atoms. The van der Waals surface area contributed by atoms with Crippen molar-refractivity contribution in [3.8, 4) is 11.5 Å². The van der Waals surface area contributed by atoms with Gasteiger partial charge in [-0.2, -0.15) is 0 Å². The van der Waals surface area contributed by atoms with Crippen LogP contribution in [-0.2, 0) is 10.2 Å². The molecule has 1 amide bonds. The second-order valence-electron chi connectivity index (χ2n) is 6.94. The number of amides is 1. The number of carbonyl (C=O) groups is 1. The maximum absolute atomic E-state index is 12.1. The Kier molecular flexibility index (Phi) is 5.13. The van der Waals surface area contributed by atoms with E-state index in [-0.39, 0.29) is 17.9 Å². The highest BCUT2D eigenvalue weighted by molar-refractivity contribution is 7.22. The van der Waals surface area contributed by atoms with E-state index in [0.29, 0.717) is 16.6 Å². The highest BCUT2D eigenvalue weighted by atomic mass is 32.1. The van der Waals surface area contributed by atoms with E-state index in [1.165, 1.54) is 16.9 Å². The minimum atomic E-state index is -0.247. The third-order valence-electron chi connectivity index (χ3n) is 3.94.